The summed E-state index contributed by atoms with van der Waals surface area (Å²) in [5, 5.41) is 9.58. The fourth-order valence-electron chi connectivity index (χ4n) is 3.67. The van der Waals surface area contributed by atoms with Gasteiger partial charge < -0.3 is 21.7 Å². The molecule has 1 heterocycles. The number of benzene rings is 2. The number of aryl methyl sites for hydroxylation is 2. The molecule has 36 heavy (non-hydrogen) atoms. The second kappa shape index (κ2) is 12.8. The maximum absolute atomic E-state index is 12.8. The number of para-hydroxylation sites is 1. The fourth-order valence-corrected chi connectivity index (χ4v) is 4.65. The van der Waals surface area contributed by atoms with E-state index in [1.807, 2.05) is 43.3 Å². The van der Waals surface area contributed by atoms with Crippen molar-refractivity contribution in [1.29, 1.82) is 0 Å². The molecule has 9 heteroatoms. The highest BCUT2D eigenvalue weighted by Gasteiger charge is 2.20. The summed E-state index contributed by atoms with van der Waals surface area (Å²) in [7, 11) is 0. The number of carbonyl (C=O) groups is 3. The Morgan fingerprint density at radius 1 is 1.03 bits per heavy atom. The van der Waals surface area contributed by atoms with Crippen LogP contribution >= 0.6 is 11.3 Å². The van der Waals surface area contributed by atoms with Crippen molar-refractivity contribution in [2.45, 2.75) is 52.5 Å². The standard InChI is InChI=1S/C27H33N5O3S/c1-17(2)14-23(26-29-16-21(36-26)12-13-24(28)33)31-25(34)15-19-8-10-20(11-9-19)30-27(35)32-22-7-5-4-6-18(22)3/h4-11,16-17,23H,12-15H2,1-3H3,(H2,28,33)(H,31,34)(H2,30,32,35)/t23-/m0/s1. The van der Waals surface area contributed by atoms with Crippen LogP contribution in [0, 0.1) is 12.8 Å². The van der Waals surface area contributed by atoms with Crippen LogP contribution in [0.3, 0.4) is 0 Å². The van der Waals surface area contributed by atoms with Crippen molar-refractivity contribution in [2.75, 3.05) is 10.6 Å². The van der Waals surface area contributed by atoms with E-state index in [-0.39, 0.29) is 36.7 Å². The highest BCUT2D eigenvalue weighted by molar-refractivity contribution is 7.11. The lowest BCUT2D eigenvalue weighted by molar-refractivity contribution is -0.121. The van der Waals surface area contributed by atoms with Crippen molar-refractivity contribution in [3.8, 4) is 0 Å². The molecule has 0 aliphatic carbocycles. The average molecular weight is 508 g/mol. The van der Waals surface area contributed by atoms with Gasteiger partial charge in [0.2, 0.25) is 11.8 Å². The molecule has 190 valence electrons. The number of rotatable bonds is 11. The van der Waals surface area contributed by atoms with E-state index in [4.69, 9.17) is 5.73 Å². The molecule has 0 saturated heterocycles. The molecule has 0 aliphatic heterocycles. The number of urea groups is 1. The van der Waals surface area contributed by atoms with Gasteiger partial charge in [0.1, 0.15) is 5.01 Å². The third-order valence-corrected chi connectivity index (χ3v) is 6.67. The predicted molar refractivity (Wildman–Crippen MR) is 144 cm³/mol. The molecule has 2 aromatic carbocycles. The lowest BCUT2D eigenvalue weighted by Crippen LogP contribution is -2.30. The van der Waals surface area contributed by atoms with Gasteiger partial charge in [-0.3, -0.25) is 9.59 Å². The van der Waals surface area contributed by atoms with Crippen molar-refractivity contribution < 1.29 is 14.4 Å². The Bertz CT molecular complexity index is 1190. The molecule has 5 N–H and O–H groups in total. The number of amides is 4. The minimum atomic E-state index is -0.342. The first kappa shape index (κ1) is 26.9. The summed E-state index contributed by atoms with van der Waals surface area (Å²) in [4.78, 5) is 41.6. The Morgan fingerprint density at radius 3 is 2.42 bits per heavy atom. The van der Waals surface area contributed by atoms with Crippen molar-refractivity contribution in [2.24, 2.45) is 11.7 Å². The summed E-state index contributed by atoms with van der Waals surface area (Å²) in [5.74, 6) is -0.0814. The van der Waals surface area contributed by atoms with E-state index in [1.54, 1.807) is 18.3 Å². The molecular formula is C27H33N5O3S. The highest BCUT2D eigenvalue weighted by atomic mass is 32.1. The van der Waals surface area contributed by atoms with Gasteiger partial charge in [-0.1, -0.05) is 44.2 Å². The Hall–Kier alpha value is -3.72. The molecule has 1 aromatic heterocycles. The van der Waals surface area contributed by atoms with Crippen LogP contribution in [0.15, 0.2) is 54.7 Å². The van der Waals surface area contributed by atoms with Gasteiger partial charge in [-0.25, -0.2) is 9.78 Å². The first-order chi connectivity index (χ1) is 17.2. The Kier molecular flexibility index (Phi) is 9.58. The predicted octanol–water partition coefficient (Wildman–Crippen LogP) is 4.96. The molecule has 0 saturated carbocycles. The number of nitrogens with one attached hydrogen (secondary N) is 3. The molecule has 0 bridgehead atoms. The maximum Gasteiger partial charge on any atom is 0.323 e. The number of primary amides is 1. The SMILES string of the molecule is Cc1ccccc1NC(=O)Nc1ccc(CC(=O)N[C@@H](CC(C)C)c2ncc(CCC(N)=O)s2)cc1. The number of carbonyl (C=O) groups excluding carboxylic acids is 3. The van der Waals surface area contributed by atoms with E-state index in [0.29, 0.717) is 18.0 Å². The van der Waals surface area contributed by atoms with Gasteiger partial charge in [-0.05, 0) is 55.0 Å². The van der Waals surface area contributed by atoms with Gasteiger partial charge >= 0.3 is 6.03 Å². The van der Waals surface area contributed by atoms with E-state index in [1.165, 1.54) is 11.3 Å². The van der Waals surface area contributed by atoms with Crippen LogP contribution in [-0.4, -0.2) is 22.8 Å². The van der Waals surface area contributed by atoms with Crippen molar-refractivity contribution in [1.82, 2.24) is 10.3 Å². The minimum absolute atomic E-state index is 0.104. The van der Waals surface area contributed by atoms with Gasteiger partial charge in [-0.2, -0.15) is 0 Å². The van der Waals surface area contributed by atoms with Crippen LogP contribution in [-0.2, 0) is 22.4 Å². The van der Waals surface area contributed by atoms with E-state index < -0.39 is 0 Å². The van der Waals surface area contributed by atoms with Crippen molar-refractivity contribution >= 4 is 40.6 Å². The van der Waals surface area contributed by atoms with Gasteiger partial charge in [0.05, 0.1) is 12.5 Å². The number of hydrogen-bond acceptors (Lipinski definition) is 5. The number of aromatic nitrogens is 1. The summed E-state index contributed by atoms with van der Waals surface area (Å²) in [6.07, 6.45) is 3.56. The molecule has 3 aromatic rings. The van der Waals surface area contributed by atoms with E-state index >= 15 is 0 Å². The van der Waals surface area contributed by atoms with Crippen LogP contribution in [0.2, 0.25) is 0 Å². The zero-order valence-electron chi connectivity index (χ0n) is 20.8. The molecule has 0 fully saturated rings. The van der Waals surface area contributed by atoms with E-state index in [2.05, 4.69) is 34.8 Å². The molecule has 0 aliphatic rings. The quantitative estimate of drug-likeness (QED) is 0.293. The number of hydrogen-bond donors (Lipinski definition) is 4. The zero-order valence-corrected chi connectivity index (χ0v) is 21.7. The summed E-state index contributed by atoms with van der Waals surface area (Å²) >= 11 is 1.50. The molecule has 1 atom stereocenters. The first-order valence-corrected chi connectivity index (χ1v) is 12.8. The Balaban J connectivity index is 1.56. The minimum Gasteiger partial charge on any atom is -0.370 e. The number of nitrogens with two attached hydrogens (primary N) is 1. The summed E-state index contributed by atoms with van der Waals surface area (Å²) in [6.45, 7) is 6.13. The third-order valence-electron chi connectivity index (χ3n) is 5.50. The largest absolute Gasteiger partial charge is 0.370 e. The molecular weight excluding hydrogens is 474 g/mol. The highest BCUT2D eigenvalue weighted by Crippen LogP contribution is 2.26. The van der Waals surface area contributed by atoms with Gasteiger partial charge in [0.25, 0.3) is 0 Å². The van der Waals surface area contributed by atoms with E-state index in [9.17, 15) is 14.4 Å². The lowest BCUT2D eigenvalue weighted by Gasteiger charge is -2.18. The van der Waals surface area contributed by atoms with Crippen LogP contribution in [0.25, 0.3) is 0 Å². The summed E-state index contributed by atoms with van der Waals surface area (Å²) in [5.41, 5.74) is 8.44. The number of nitrogens with zero attached hydrogens (tertiary/aromatic N) is 1. The van der Waals surface area contributed by atoms with Crippen molar-refractivity contribution in [3.05, 3.63) is 75.7 Å². The summed E-state index contributed by atoms with van der Waals surface area (Å²) in [6, 6.07) is 14.2. The van der Waals surface area contributed by atoms with E-state index in [0.717, 1.165) is 33.1 Å². The molecule has 0 unspecified atom stereocenters. The number of anilines is 2. The van der Waals surface area contributed by atoms with Crippen LogP contribution < -0.4 is 21.7 Å². The topological polar surface area (TPSA) is 126 Å². The van der Waals surface area contributed by atoms with Crippen molar-refractivity contribution in [3.63, 3.8) is 0 Å². The smallest absolute Gasteiger partial charge is 0.323 e. The van der Waals surface area contributed by atoms with Gasteiger partial charge in [-0.15, -0.1) is 11.3 Å². The molecule has 0 spiro atoms. The molecule has 4 amide bonds. The third kappa shape index (κ3) is 8.49. The normalized spacial score (nSPS) is 11.7. The molecule has 8 nitrogen and oxygen atoms in total. The lowest BCUT2D eigenvalue weighted by atomic mass is 10.0. The second-order valence-electron chi connectivity index (χ2n) is 9.15. The van der Waals surface area contributed by atoms with Crippen LogP contribution in [0.5, 0.6) is 0 Å². The molecule has 3 rings (SSSR count). The second-order valence-corrected chi connectivity index (χ2v) is 10.3. The maximum atomic E-state index is 12.8. The van der Waals surface area contributed by atoms with Gasteiger partial charge in [0, 0.05) is 28.9 Å². The Labute approximate surface area is 215 Å². The average Bonchev–Trinajstić information content (AvgIpc) is 3.29. The zero-order chi connectivity index (χ0) is 26.1. The Morgan fingerprint density at radius 2 is 1.75 bits per heavy atom. The first-order valence-electron chi connectivity index (χ1n) is 11.9. The molecule has 0 radical (unpaired) electrons. The van der Waals surface area contributed by atoms with Crippen LogP contribution in [0.4, 0.5) is 16.2 Å². The number of thiazole rings is 1. The van der Waals surface area contributed by atoms with Gasteiger partial charge in [0.15, 0.2) is 0 Å². The van der Waals surface area contributed by atoms with Crippen LogP contribution in [0.1, 0.15) is 53.7 Å². The summed E-state index contributed by atoms with van der Waals surface area (Å²) < 4.78 is 0. The monoisotopic (exact) mass is 507 g/mol. The fraction of sp³-hybridized carbons (Fsp3) is 0.333.